The van der Waals surface area contributed by atoms with Crippen LogP contribution in [0.15, 0.2) is 0 Å². The maximum atomic E-state index is 11.4. The van der Waals surface area contributed by atoms with Gasteiger partial charge in [0, 0.05) is 13.1 Å². The number of hydrogen-bond acceptors (Lipinski definition) is 4. The Morgan fingerprint density at radius 1 is 1.24 bits per heavy atom. The van der Waals surface area contributed by atoms with Crippen molar-refractivity contribution in [3.05, 3.63) is 0 Å². The first kappa shape index (κ1) is 19.4. The first-order valence-electron chi connectivity index (χ1n) is 6.89. The van der Waals surface area contributed by atoms with Crippen LogP contribution in [0.25, 0.3) is 0 Å². The Labute approximate surface area is 130 Å². The Kier molecular flexibility index (Phi) is 8.68. The molecule has 0 bridgehead atoms. The van der Waals surface area contributed by atoms with Gasteiger partial charge < -0.3 is 25.8 Å². The second-order valence-corrected chi connectivity index (χ2v) is 5.92. The van der Waals surface area contributed by atoms with Gasteiger partial charge in [0.05, 0.1) is 0 Å². The fourth-order valence-corrected chi connectivity index (χ4v) is 1.65. The molecular formula is C13H25N3O4S. The highest BCUT2D eigenvalue weighted by Crippen LogP contribution is 2.05. The number of carboxylic acids is 1. The Morgan fingerprint density at radius 2 is 1.81 bits per heavy atom. The summed E-state index contributed by atoms with van der Waals surface area (Å²) >= 11 is 5.00. The number of nitrogens with one attached hydrogen (secondary N) is 3. The molecule has 7 nitrogen and oxygen atoms in total. The Morgan fingerprint density at radius 3 is 2.29 bits per heavy atom. The number of aliphatic carboxylic acids is 1. The topological polar surface area (TPSA) is 99.7 Å². The van der Waals surface area contributed by atoms with Gasteiger partial charge in [0.2, 0.25) is 0 Å². The van der Waals surface area contributed by atoms with Gasteiger partial charge in [-0.2, -0.15) is 0 Å². The summed E-state index contributed by atoms with van der Waals surface area (Å²) in [4.78, 5) is 22.3. The van der Waals surface area contributed by atoms with Gasteiger partial charge in [-0.15, -0.1) is 0 Å². The van der Waals surface area contributed by atoms with Crippen molar-refractivity contribution >= 4 is 29.4 Å². The zero-order chi connectivity index (χ0) is 16.5. The van der Waals surface area contributed by atoms with Crippen LogP contribution in [0.1, 0.15) is 40.5 Å². The summed E-state index contributed by atoms with van der Waals surface area (Å²) in [7, 11) is 0. The van der Waals surface area contributed by atoms with E-state index in [2.05, 4.69) is 16.0 Å². The minimum absolute atomic E-state index is 0.252. The molecule has 0 fully saturated rings. The van der Waals surface area contributed by atoms with Gasteiger partial charge in [-0.3, -0.25) is 0 Å². The van der Waals surface area contributed by atoms with E-state index in [1.807, 2.05) is 6.92 Å². The van der Waals surface area contributed by atoms with Crippen molar-refractivity contribution < 1.29 is 19.4 Å². The summed E-state index contributed by atoms with van der Waals surface area (Å²) in [5.74, 6) is -0.937. The first-order chi connectivity index (χ1) is 9.65. The Hall–Kier alpha value is -1.57. The molecule has 0 aliphatic carbocycles. The molecule has 4 N–H and O–H groups in total. The lowest BCUT2D eigenvalue weighted by Crippen LogP contribution is -2.47. The van der Waals surface area contributed by atoms with Crippen LogP contribution in [0, 0.1) is 0 Å². The van der Waals surface area contributed by atoms with Gasteiger partial charge in [-0.05, 0) is 39.4 Å². The predicted molar refractivity (Wildman–Crippen MR) is 84.3 cm³/mol. The number of carboxylic acid groups (broad SMARTS) is 1. The average molecular weight is 319 g/mol. The molecule has 1 amide bonds. The van der Waals surface area contributed by atoms with Gasteiger partial charge >= 0.3 is 12.1 Å². The van der Waals surface area contributed by atoms with Crippen molar-refractivity contribution in [2.75, 3.05) is 13.1 Å². The van der Waals surface area contributed by atoms with Gasteiger partial charge in [0.1, 0.15) is 11.6 Å². The molecule has 0 saturated carbocycles. The van der Waals surface area contributed by atoms with Gasteiger partial charge in [0.25, 0.3) is 0 Å². The molecule has 0 spiro atoms. The van der Waals surface area contributed by atoms with Crippen molar-refractivity contribution in [3.63, 3.8) is 0 Å². The zero-order valence-corrected chi connectivity index (χ0v) is 13.8. The highest BCUT2D eigenvalue weighted by atomic mass is 32.1. The maximum Gasteiger partial charge on any atom is 0.407 e. The molecule has 1 unspecified atom stereocenters. The molecule has 0 radical (unpaired) electrons. The maximum absolute atomic E-state index is 11.4. The minimum Gasteiger partial charge on any atom is -0.480 e. The molecule has 122 valence electrons. The van der Waals surface area contributed by atoms with E-state index in [1.54, 1.807) is 20.8 Å². The molecule has 0 aromatic carbocycles. The van der Waals surface area contributed by atoms with Gasteiger partial charge in [-0.1, -0.05) is 13.3 Å². The molecule has 0 aromatic heterocycles. The van der Waals surface area contributed by atoms with E-state index >= 15 is 0 Å². The molecular weight excluding hydrogens is 294 g/mol. The summed E-state index contributed by atoms with van der Waals surface area (Å²) < 4.78 is 5.07. The third kappa shape index (κ3) is 10.8. The number of alkyl carbamates (subject to hydrolysis) is 1. The Bertz CT molecular complexity index is 369. The van der Waals surface area contributed by atoms with Crippen LogP contribution in [0.2, 0.25) is 0 Å². The third-order valence-corrected chi connectivity index (χ3v) is 2.52. The normalized spacial score (nSPS) is 12.2. The van der Waals surface area contributed by atoms with Crippen LogP contribution in [-0.2, 0) is 9.53 Å². The molecule has 0 aliphatic rings. The highest BCUT2D eigenvalue weighted by molar-refractivity contribution is 7.80. The standard InChI is InChI=1S/C13H25N3O4S/c1-5-6-9(10(17)18)16-11(21)14-7-8-15-12(19)20-13(2,3)4/h9H,5-8H2,1-4H3,(H,15,19)(H,17,18)(H2,14,16,21). The molecule has 0 heterocycles. The van der Waals surface area contributed by atoms with Crippen LogP contribution >= 0.6 is 12.2 Å². The molecule has 0 aromatic rings. The summed E-state index contributed by atoms with van der Waals surface area (Å²) in [6.45, 7) is 7.95. The molecule has 21 heavy (non-hydrogen) atoms. The highest BCUT2D eigenvalue weighted by Gasteiger charge is 2.17. The van der Waals surface area contributed by atoms with E-state index in [4.69, 9.17) is 22.1 Å². The van der Waals surface area contributed by atoms with E-state index in [-0.39, 0.29) is 5.11 Å². The van der Waals surface area contributed by atoms with E-state index < -0.39 is 23.7 Å². The monoisotopic (exact) mass is 319 g/mol. The zero-order valence-electron chi connectivity index (χ0n) is 13.0. The minimum atomic E-state index is -0.937. The van der Waals surface area contributed by atoms with Crippen molar-refractivity contribution in [1.29, 1.82) is 0 Å². The molecule has 8 heteroatoms. The molecule has 0 saturated heterocycles. The summed E-state index contributed by atoms with van der Waals surface area (Å²) in [6.07, 6.45) is 0.734. The van der Waals surface area contributed by atoms with E-state index in [1.165, 1.54) is 0 Å². The Balaban J connectivity index is 3.89. The van der Waals surface area contributed by atoms with Crippen LogP contribution in [0.4, 0.5) is 4.79 Å². The van der Waals surface area contributed by atoms with E-state index in [0.717, 1.165) is 6.42 Å². The molecule has 0 rings (SSSR count). The SMILES string of the molecule is CCCC(NC(=S)NCCNC(=O)OC(C)(C)C)C(=O)O. The van der Waals surface area contributed by atoms with Crippen molar-refractivity contribution in [2.24, 2.45) is 0 Å². The van der Waals surface area contributed by atoms with Crippen molar-refractivity contribution in [3.8, 4) is 0 Å². The average Bonchev–Trinajstić information content (AvgIpc) is 2.31. The van der Waals surface area contributed by atoms with E-state index in [0.29, 0.717) is 19.5 Å². The summed E-state index contributed by atoms with van der Waals surface area (Å²) in [6, 6.07) is -0.700. The first-order valence-corrected chi connectivity index (χ1v) is 7.30. The van der Waals surface area contributed by atoms with Crippen LogP contribution in [-0.4, -0.2) is 47.0 Å². The summed E-state index contributed by atoms with van der Waals surface area (Å²) in [5.41, 5.74) is -0.538. The fraction of sp³-hybridized carbons (Fsp3) is 0.769. The van der Waals surface area contributed by atoms with Crippen LogP contribution in [0.5, 0.6) is 0 Å². The number of hydrogen-bond donors (Lipinski definition) is 4. The second kappa shape index (κ2) is 9.38. The lowest BCUT2D eigenvalue weighted by atomic mass is 10.2. The largest absolute Gasteiger partial charge is 0.480 e. The number of carbonyl (C=O) groups excluding carboxylic acids is 1. The lowest BCUT2D eigenvalue weighted by Gasteiger charge is -2.20. The van der Waals surface area contributed by atoms with Crippen molar-refractivity contribution in [2.45, 2.75) is 52.2 Å². The van der Waals surface area contributed by atoms with Crippen LogP contribution < -0.4 is 16.0 Å². The smallest absolute Gasteiger partial charge is 0.407 e. The summed E-state index contributed by atoms with van der Waals surface area (Å²) in [5, 5.41) is 17.4. The number of amides is 1. The molecule has 0 aliphatic heterocycles. The predicted octanol–water partition coefficient (Wildman–Crippen LogP) is 1.23. The third-order valence-electron chi connectivity index (χ3n) is 2.26. The quantitative estimate of drug-likeness (QED) is 0.414. The number of rotatable bonds is 7. The number of thiocarbonyl (C=S) groups is 1. The lowest BCUT2D eigenvalue weighted by molar-refractivity contribution is -0.139. The number of carbonyl (C=O) groups is 2. The fourth-order valence-electron chi connectivity index (χ4n) is 1.41. The van der Waals surface area contributed by atoms with Gasteiger partial charge in [0.15, 0.2) is 5.11 Å². The van der Waals surface area contributed by atoms with E-state index in [9.17, 15) is 9.59 Å². The number of ether oxygens (including phenoxy) is 1. The second-order valence-electron chi connectivity index (χ2n) is 5.51. The van der Waals surface area contributed by atoms with Gasteiger partial charge in [-0.25, -0.2) is 9.59 Å². The van der Waals surface area contributed by atoms with Crippen LogP contribution in [0.3, 0.4) is 0 Å². The molecule has 1 atom stereocenters. The van der Waals surface area contributed by atoms with Crippen molar-refractivity contribution in [1.82, 2.24) is 16.0 Å².